The summed E-state index contributed by atoms with van der Waals surface area (Å²) in [4.78, 5) is 37.3. The van der Waals surface area contributed by atoms with E-state index in [1.54, 1.807) is 36.4 Å². The molecule has 1 aliphatic carbocycles. The number of hydrogen-bond donors (Lipinski definition) is 2. The van der Waals surface area contributed by atoms with Crippen molar-refractivity contribution >= 4 is 39.4 Å². The molecule has 1 fully saturated rings. The SMILES string of the molecule is C[C@H](CC(=O)Nc1ccc2oc3ccccc3c(=O)c2c1)NC(=O)C1CCCC1. The molecule has 0 aliphatic heterocycles. The molecule has 6 nitrogen and oxygen atoms in total. The first-order valence-corrected chi connectivity index (χ1v) is 10.1. The number of benzene rings is 2. The van der Waals surface area contributed by atoms with Crippen molar-refractivity contribution in [2.24, 2.45) is 5.92 Å². The Kier molecular flexibility index (Phi) is 5.34. The topological polar surface area (TPSA) is 88.4 Å². The molecule has 29 heavy (non-hydrogen) atoms. The summed E-state index contributed by atoms with van der Waals surface area (Å²) in [6.45, 7) is 1.83. The lowest BCUT2D eigenvalue weighted by Crippen LogP contribution is -2.38. The quantitative estimate of drug-likeness (QED) is 0.643. The van der Waals surface area contributed by atoms with Gasteiger partial charge < -0.3 is 15.1 Å². The van der Waals surface area contributed by atoms with Gasteiger partial charge in [-0.05, 0) is 50.1 Å². The van der Waals surface area contributed by atoms with Crippen LogP contribution in [0.25, 0.3) is 21.9 Å². The molecule has 6 heteroatoms. The maximum absolute atomic E-state index is 12.7. The Morgan fingerprint density at radius 2 is 1.79 bits per heavy atom. The van der Waals surface area contributed by atoms with Crippen molar-refractivity contribution in [2.45, 2.75) is 45.1 Å². The van der Waals surface area contributed by atoms with Crippen molar-refractivity contribution in [3.05, 3.63) is 52.7 Å². The van der Waals surface area contributed by atoms with Gasteiger partial charge >= 0.3 is 0 Å². The Labute approximate surface area is 168 Å². The molecule has 2 N–H and O–H groups in total. The second-order valence-corrected chi connectivity index (χ2v) is 7.78. The number of para-hydroxylation sites is 1. The van der Waals surface area contributed by atoms with E-state index in [-0.39, 0.29) is 35.6 Å². The highest BCUT2D eigenvalue weighted by molar-refractivity contribution is 5.96. The zero-order chi connectivity index (χ0) is 20.4. The van der Waals surface area contributed by atoms with Gasteiger partial charge in [-0.1, -0.05) is 25.0 Å². The second-order valence-electron chi connectivity index (χ2n) is 7.78. The van der Waals surface area contributed by atoms with Crippen LogP contribution in [0.2, 0.25) is 0 Å². The largest absolute Gasteiger partial charge is 0.456 e. The van der Waals surface area contributed by atoms with Crippen molar-refractivity contribution in [1.29, 1.82) is 0 Å². The average molecular weight is 392 g/mol. The summed E-state index contributed by atoms with van der Waals surface area (Å²) in [7, 11) is 0. The molecule has 0 saturated heterocycles. The van der Waals surface area contributed by atoms with Gasteiger partial charge in [-0.25, -0.2) is 0 Å². The molecule has 0 radical (unpaired) electrons. The Bertz CT molecular complexity index is 1130. The molecule has 1 saturated carbocycles. The number of hydrogen-bond acceptors (Lipinski definition) is 4. The van der Waals surface area contributed by atoms with E-state index in [1.165, 1.54) is 0 Å². The van der Waals surface area contributed by atoms with Crippen LogP contribution in [0.5, 0.6) is 0 Å². The Morgan fingerprint density at radius 3 is 2.59 bits per heavy atom. The zero-order valence-corrected chi connectivity index (χ0v) is 16.4. The molecule has 2 aromatic carbocycles. The lowest BCUT2D eigenvalue weighted by molar-refractivity contribution is -0.125. The Hall–Kier alpha value is -3.15. The van der Waals surface area contributed by atoms with E-state index in [9.17, 15) is 14.4 Å². The van der Waals surface area contributed by atoms with Crippen LogP contribution in [0.3, 0.4) is 0 Å². The molecule has 0 bridgehead atoms. The summed E-state index contributed by atoms with van der Waals surface area (Å²) in [5.41, 5.74) is 1.41. The van der Waals surface area contributed by atoms with Crippen molar-refractivity contribution < 1.29 is 14.0 Å². The number of nitrogens with one attached hydrogen (secondary N) is 2. The lowest BCUT2D eigenvalue weighted by Gasteiger charge is -2.16. The monoisotopic (exact) mass is 392 g/mol. The molecule has 1 heterocycles. The maximum Gasteiger partial charge on any atom is 0.226 e. The first kappa shape index (κ1) is 19.2. The van der Waals surface area contributed by atoms with Gasteiger partial charge in [0, 0.05) is 24.1 Å². The third-order valence-electron chi connectivity index (χ3n) is 5.47. The van der Waals surface area contributed by atoms with Gasteiger partial charge in [0.05, 0.1) is 10.8 Å². The summed E-state index contributed by atoms with van der Waals surface area (Å²) < 4.78 is 5.78. The molecule has 1 aliphatic rings. The Morgan fingerprint density at radius 1 is 1.07 bits per heavy atom. The van der Waals surface area contributed by atoms with Gasteiger partial charge in [-0.3, -0.25) is 14.4 Å². The summed E-state index contributed by atoms with van der Waals surface area (Å²) in [6.07, 6.45) is 4.22. The number of carbonyl (C=O) groups excluding carboxylic acids is 2. The summed E-state index contributed by atoms with van der Waals surface area (Å²) in [5.74, 6) is -0.0956. The van der Waals surface area contributed by atoms with Crippen molar-refractivity contribution in [2.75, 3.05) is 5.32 Å². The fraction of sp³-hybridized carbons (Fsp3) is 0.348. The van der Waals surface area contributed by atoms with E-state index >= 15 is 0 Å². The molecule has 2 amide bonds. The summed E-state index contributed by atoms with van der Waals surface area (Å²) >= 11 is 0. The van der Waals surface area contributed by atoms with E-state index in [2.05, 4.69) is 10.6 Å². The lowest BCUT2D eigenvalue weighted by atomic mass is 10.1. The van der Waals surface area contributed by atoms with Crippen LogP contribution < -0.4 is 16.1 Å². The highest BCUT2D eigenvalue weighted by atomic mass is 16.3. The molecular formula is C23H24N2O4. The molecule has 4 rings (SSSR count). The zero-order valence-electron chi connectivity index (χ0n) is 16.4. The summed E-state index contributed by atoms with van der Waals surface area (Å²) in [5, 5.41) is 6.67. The number of amides is 2. The first-order valence-electron chi connectivity index (χ1n) is 10.1. The molecule has 150 valence electrons. The minimum absolute atomic E-state index is 0.0398. The number of anilines is 1. The number of carbonyl (C=O) groups is 2. The fourth-order valence-corrected chi connectivity index (χ4v) is 3.97. The molecule has 0 unspecified atom stereocenters. The van der Waals surface area contributed by atoms with Gasteiger partial charge in [-0.2, -0.15) is 0 Å². The third kappa shape index (κ3) is 4.16. The standard InChI is InChI=1S/C23H24N2O4/c1-14(24-23(28)15-6-2-3-7-15)12-21(26)25-16-10-11-20-18(13-16)22(27)17-8-4-5-9-19(17)29-20/h4-5,8-11,13-15H,2-3,6-7,12H2,1H3,(H,24,28)(H,25,26)/t14-/m1/s1. The predicted octanol–water partition coefficient (Wildman–Crippen LogP) is 3.97. The van der Waals surface area contributed by atoms with Crippen LogP contribution in [-0.2, 0) is 9.59 Å². The van der Waals surface area contributed by atoms with Crippen LogP contribution >= 0.6 is 0 Å². The van der Waals surface area contributed by atoms with E-state index in [0.29, 0.717) is 27.6 Å². The van der Waals surface area contributed by atoms with Gasteiger partial charge in [0.2, 0.25) is 17.2 Å². The van der Waals surface area contributed by atoms with E-state index in [0.717, 1.165) is 25.7 Å². The third-order valence-corrected chi connectivity index (χ3v) is 5.47. The number of fused-ring (bicyclic) bond motifs is 2. The number of rotatable bonds is 5. The molecule has 3 aromatic rings. The minimum atomic E-state index is -0.252. The smallest absolute Gasteiger partial charge is 0.226 e. The van der Waals surface area contributed by atoms with Crippen molar-refractivity contribution in [3.8, 4) is 0 Å². The fourth-order valence-electron chi connectivity index (χ4n) is 3.97. The Balaban J connectivity index is 1.45. The van der Waals surface area contributed by atoms with Crippen LogP contribution in [0, 0.1) is 5.92 Å². The van der Waals surface area contributed by atoms with Gasteiger partial charge in [-0.15, -0.1) is 0 Å². The molecule has 1 aromatic heterocycles. The predicted molar refractivity (Wildman–Crippen MR) is 113 cm³/mol. The summed E-state index contributed by atoms with van der Waals surface area (Å²) in [6, 6.07) is 11.9. The second kappa shape index (κ2) is 8.07. The normalized spacial score (nSPS) is 15.5. The van der Waals surface area contributed by atoms with E-state index in [4.69, 9.17) is 4.42 Å². The van der Waals surface area contributed by atoms with Crippen molar-refractivity contribution in [1.82, 2.24) is 5.32 Å². The first-order chi connectivity index (χ1) is 14.0. The maximum atomic E-state index is 12.7. The molecule has 0 spiro atoms. The van der Waals surface area contributed by atoms with Crippen LogP contribution in [0.1, 0.15) is 39.0 Å². The highest BCUT2D eigenvalue weighted by Gasteiger charge is 2.24. The van der Waals surface area contributed by atoms with Crippen molar-refractivity contribution in [3.63, 3.8) is 0 Å². The van der Waals surface area contributed by atoms with Gasteiger partial charge in [0.25, 0.3) is 0 Å². The van der Waals surface area contributed by atoms with Crippen LogP contribution in [0.15, 0.2) is 51.7 Å². The van der Waals surface area contributed by atoms with Gasteiger partial charge in [0.1, 0.15) is 11.2 Å². The minimum Gasteiger partial charge on any atom is -0.456 e. The molecular weight excluding hydrogens is 368 g/mol. The van der Waals surface area contributed by atoms with E-state index in [1.807, 2.05) is 13.0 Å². The van der Waals surface area contributed by atoms with Crippen LogP contribution in [-0.4, -0.2) is 17.9 Å². The van der Waals surface area contributed by atoms with Crippen LogP contribution in [0.4, 0.5) is 5.69 Å². The average Bonchev–Trinajstić information content (AvgIpc) is 3.23. The molecule has 1 atom stereocenters. The van der Waals surface area contributed by atoms with E-state index < -0.39 is 0 Å². The van der Waals surface area contributed by atoms with Gasteiger partial charge in [0.15, 0.2) is 0 Å². The highest BCUT2D eigenvalue weighted by Crippen LogP contribution is 2.25.